The highest BCUT2D eigenvalue weighted by Crippen LogP contribution is 2.14. The summed E-state index contributed by atoms with van der Waals surface area (Å²) in [5, 5.41) is 11.7. The molecular weight excluding hydrogens is 254 g/mol. The first kappa shape index (κ1) is 16.2. The number of hydrogen-bond acceptors (Lipinski definition) is 2. The van der Waals surface area contributed by atoms with Crippen molar-refractivity contribution >= 4 is 11.9 Å². The molecule has 2 N–H and O–H groups in total. The molecule has 1 unspecified atom stereocenters. The van der Waals surface area contributed by atoms with Crippen molar-refractivity contribution in [3.8, 4) is 0 Å². The maximum absolute atomic E-state index is 12.0. The lowest BCUT2D eigenvalue weighted by atomic mass is 9.99. The fourth-order valence-electron chi connectivity index (χ4n) is 2.20. The van der Waals surface area contributed by atoms with Gasteiger partial charge in [-0.25, -0.2) is 4.79 Å². The molecule has 0 aromatic heterocycles. The molecule has 0 aliphatic heterocycles. The zero-order chi connectivity index (χ0) is 15.1. The van der Waals surface area contributed by atoms with Crippen molar-refractivity contribution in [3.63, 3.8) is 0 Å². The van der Waals surface area contributed by atoms with Gasteiger partial charge in [0.25, 0.3) is 0 Å². The summed E-state index contributed by atoms with van der Waals surface area (Å²) in [5.74, 6) is -1.20. The average molecular weight is 277 g/mol. The van der Waals surface area contributed by atoms with Crippen molar-refractivity contribution in [1.29, 1.82) is 0 Å². The summed E-state index contributed by atoms with van der Waals surface area (Å²) in [7, 11) is 0. The lowest BCUT2D eigenvalue weighted by molar-refractivity contribution is -0.142. The molecule has 0 aliphatic rings. The number of aryl methyl sites for hydroxylation is 2. The van der Waals surface area contributed by atoms with Gasteiger partial charge in [-0.2, -0.15) is 0 Å². The van der Waals surface area contributed by atoms with Crippen LogP contribution in [0.4, 0.5) is 0 Å². The molecule has 4 heteroatoms. The smallest absolute Gasteiger partial charge is 0.326 e. The standard InChI is InChI=1S/C16H23NO3/c1-4-5-9-14(16(19)20)17-15(18)10-13-11(2)7-6-8-12(13)3/h6-8,14H,4-5,9-10H2,1-3H3,(H,17,18)(H,19,20). The SMILES string of the molecule is CCCCC(NC(=O)Cc1c(C)cccc1C)C(=O)O. The van der Waals surface area contributed by atoms with Gasteiger partial charge in [0, 0.05) is 0 Å². The monoisotopic (exact) mass is 277 g/mol. The van der Waals surface area contributed by atoms with Gasteiger partial charge in [0.2, 0.25) is 5.91 Å². The highest BCUT2D eigenvalue weighted by molar-refractivity contribution is 5.85. The highest BCUT2D eigenvalue weighted by atomic mass is 16.4. The molecule has 110 valence electrons. The molecule has 20 heavy (non-hydrogen) atoms. The zero-order valence-electron chi connectivity index (χ0n) is 12.4. The molecule has 4 nitrogen and oxygen atoms in total. The summed E-state index contributed by atoms with van der Waals surface area (Å²) in [4.78, 5) is 23.1. The van der Waals surface area contributed by atoms with Crippen molar-refractivity contribution < 1.29 is 14.7 Å². The van der Waals surface area contributed by atoms with Crippen LogP contribution in [-0.2, 0) is 16.0 Å². The number of carboxylic acid groups (broad SMARTS) is 1. The van der Waals surface area contributed by atoms with Crippen molar-refractivity contribution in [2.45, 2.75) is 52.5 Å². The second-order valence-electron chi connectivity index (χ2n) is 5.15. The number of rotatable bonds is 7. The van der Waals surface area contributed by atoms with E-state index < -0.39 is 12.0 Å². The predicted octanol–water partition coefficient (Wildman–Crippen LogP) is 2.61. The van der Waals surface area contributed by atoms with Crippen molar-refractivity contribution in [3.05, 3.63) is 34.9 Å². The first-order chi connectivity index (χ1) is 9.45. The molecule has 0 bridgehead atoms. The summed E-state index contributed by atoms with van der Waals surface area (Å²) in [6.07, 6.45) is 2.41. The second-order valence-corrected chi connectivity index (χ2v) is 5.15. The highest BCUT2D eigenvalue weighted by Gasteiger charge is 2.19. The summed E-state index contributed by atoms with van der Waals surface area (Å²) in [6, 6.07) is 5.09. The van der Waals surface area contributed by atoms with Crippen molar-refractivity contribution in [2.75, 3.05) is 0 Å². The van der Waals surface area contributed by atoms with Gasteiger partial charge in [0.1, 0.15) is 6.04 Å². The van der Waals surface area contributed by atoms with Crippen LogP contribution in [0.25, 0.3) is 0 Å². The Kier molecular flexibility index (Phi) is 6.22. The van der Waals surface area contributed by atoms with Crippen LogP contribution in [0.3, 0.4) is 0 Å². The number of nitrogens with one attached hydrogen (secondary N) is 1. The molecule has 0 saturated carbocycles. The van der Waals surface area contributed by atoms with Crippen LogP contribution in [0.2, 0.25) is 0 Å². The van der Waals surface area contributed by atoms with E-state index >= 15 is 0 Å². The molecule has 1 amide bonds. The topological polar surface area (TPSA) is 66.4 Å². The average Bonchev–Trinajstić information content (AvgIpc) is 2.38. The molecule has 1 atom stereocenters. The third-order valence-corrected chi connectivity index (χ3v) is 3.46. The van der Waals surface area contributed by atoms with Gasteiger partial charge in [-0.1, -0.05) is 38.0 Å². The second kappa shape index (κ2) is 7.68. The maximum atomic E-state index is 12.0. The fourth-order valence-corrected chi connectivity index (χ4v) is 2.20. The van der Waals surface area contributed by atoms with Gasteiger partial charge in [0.15, 0.2) is 0 Å². The number of carbonyl (C=O) groups excluding carboxylic acids is 1. The van der Waals surface area contributed by atoms with Crippen LogP contribution in [0.5, 0.6) is 0 Å². The minimum atomic E-state index is -0.965. The summed E-state index contributed by atoms with van der Waals surface area (Å²) in [5.41, 5.74) is 3.09. The van der Waals surface area contributed by atoms with E-state index in [2.05, 4.69) is 5.32 Å². The van der Waals surface area contributed by atoms with E-state index in [1.54, 1.807) is 0 Å². The summed E-state index contributed by atoms with van der Waals surface area (Å²) >= 11 is 0. The Labute approximate surface area is 120 Å². The Morgan fingerprint density at radius 2 is 1.85 bits per heavy atom. The Hall–Kier alpha value is -1.84. The van der Waals surface area contributed by atoms with Crippen LogP contribution in [0.1, 0.15) is 42.9 Å². The molecule has 1 rings (SSSR count). The summed E-state index contributed by atoms with van der Waals surface area (Å²) < 4.78 is 0. The zero-order valence-corrected chi connectivity index (χ0v) is 12.4. The maximum Gasteiger partial charge on any atom is 0.326 e. The number of aliphatic carboxylic acids is 1. The quantitative estimate of drug-likeness (QED) is 0.805. The van der Waals surface area contributed by atoms with E-state index in [0.717, 1.165) is 29.5 Å². The molecular formula is C16H23NO3. The molecule has 0 heterocycles. The minimum absolute atomic E-state index is 0.231. The lowest BCUT2D eigenvalue weighted by Gasteiger charge is -2.15. The minimum Gasteiger partial charge on any atom is -0.480 e. The van der Waals surface area contributed by atoms with Gasteiger partial charge in [-0.3, -0.25) is 4.79 Å². The van der Waals surface area contributed by atoms with Crippen molar-refractivity contribution in [1.82, 2.24) is 5.32 Å². The number of amides is 1. The van der Waals surface area contributed by atoms with E-state index in [4.69, 9.17) is 5.11 Å². The Morgan fingerprint density at radius 3 is 2.35 bits per heavy atom. The number of carbonyl (C=O) groups is 2. The molecule has 0 radical (unpaired) electrons. The van der Waals surface area contributed by atoms with Gasteiger partial charge in [-0.15, -0.1) is 0 Å². The van der Waals surface area contributed by atoms with Gasteiger partial charge < -0.3 is 10.4 Å². The largest absolute Gasteiger partial charge is 0.480 e. The molecule has 0 fully saturated rings. The van der Waals surface area contributed by atoms with Gasteiger partial charge in [0.05, 0.1) is 6.42 Å². The third kappa shape index (κ3) is 4.68. The first-order valence-corrected chi connectivity index (χ1v) is 7.03. The summed E-state index contributed by atoms with van der Waals surface area (Å²) in [6.45, 7) is 5.92. The van der Waals surface area contributed by atoms with E-state index in [1.807, 2.05) is 39.0 Å². The number of unbranched alkanes of at least 4 members (excludes halogenated alkanes) is 1. The van der Waals surface area contributed by atoms with Crippen LogP contribution in [0.15, 0.2) is 18.2 Å². The van der Waals surface area contributed by atoms with E-state index in [0.29, 0.717) is 6.42 Å². The van der Waals surface area contributed by atoms with Gasteiger partial charge in [-0.05, 0) is 37.0 Å². The molecule has 0 spiro atoms. The number of carboxylic acids is 1. The van der Waals surface area contributed by atoms with Crippen LogP contribution in [0, 0.1) is 13.8 Å². The predicted molar refractivity (Wildman–Crippen MR) is 78.7 cm³/mol. The normalized spacial score (nSPS) is 11.9. The fraction of sp³-hybridized carbons (Fsp3) is 0.500. The number of hydrogen-bond donors (Lipinski definition) is 2. The van der Waals surface area contributed by atoms with Crippen LogP contribution >= 0.6 is 0 Å². The first-order valence-electron chi connectivity index (χ1n) is 7.03. The van der Waals surface area contributed by atoms with E-state index in [1.165, 1.54) is 0 Å². The van der Waals surface area contributed by atoms with Crippen LogP contribution in [-0.4, -0.2) is 23.0 Å². The Balaban J connectivity index is 2.68. The molecule has 1 aromatic carbocycles. The molecule has 0 aliphatic carbocycles. The molecule has 0 saturated heterocycles. The van der Waals surface area contributed by atoms with E-state index in [-0.39, 0.29) is 12.3 Å². The Morgan fingerprint density at radius 1 is 1.25 bits per heavy atom. The van der Waals surface area contributed by atoms with Gasteiger partial charge >= 0.3 is 5.97 Å². The Bertz CT molecular complexity index is 462. The number of benzene rings is 1. The molecule has 1 aromatic rings. The van der Waals surface area contributed by atoms with Crippen molar-refractivity contribution in [2.24, 2.45) is 0 Å². The van der Waals surface area contributed by atoms with Crippen LogP contribution < -0.4 is 5.32 Å². The van der Waals surface area contributed by atoms with E-state index in [9.17, 15) is 9.59 Å². The third-order valence-electron chi connectivity index (χ3n) is 3.46. The lowest BCUT2D eigenvalue weighted by Crippen LogP contribution is -2.41.